The number of hydrogen-bond donors (Lipinski definition) is 1. The zero-order valence-electron chi connectivity index (χ0n) is 14.0. The van der Waals surface area contributed by atoms with Crippen molar-refractivity contribution in [1.82, 2.24) is 0 Å². The van der Waals surface area contributed by atoms with Gasteiger partial charge in [0.1, 0.15) is 5.69 Å². The fraction of sp³-hybridized carbons (Fsp3) is 0.278. The average Bonchev–Trinajstić information content (AvgIpc) is 2.54. The highest BCUT2D eigenvalue weighted by Crippen LogP contribution is 2.31. The van der Waals surface area contributed by atoms with Gasteiger partial charge in [-0.3, -0.25) is 14.9 Å². The van der Waals surface area contributed by atoms with E-state index in [0.717, 1.165) is 5.56 Å². The first-order chi connectivity index (χ1) is 11.6. The number of nitrogens with zero attached hydrogens (tertiary/aromatic N) is 1. The SMILES string of the molecule is CC(C)(C)c1ccc(Nc2ccc(C(=O)C(Cl)Cl)cc2[N+](=O)[O-])cc1. The molecule has 0 amide bonds. The van der Waals surface area contributed by atoms with Crippen LogP contribution in [0.4, 0.5) is 17.1 Å². The van der Waals surface area contributed by atoms with Gasteiger partial charge in [0, 0.05) is 17.3 Å². The van der Waals surface area contributed by atoms with Gasteiger partial charge in [-0.25, -0.2) is 0 Å². The van der Waals surface area contributed by atoms with Crippen molar-refractivity contribution in [1.29, 1.82) is 0 Å². The van der Waals surface area contributed by atoms with Crippen LogP contribution in [0.5, 0.6) is 0 Å². The van der Waals surface area contributed by atoms with Gasteiger partial charge in [-0.2, -0.15) is 0 Å². The number of carbonyl (C=O) groups is 1. The van der Waals surface area contributed by atoms with Crippen molar-refractivity contribution in [2.75, 3.05) is 5.32 Å². The lowest BCUT2D eigenvalue weighted by molar-refractivity contribution is -0.383. The first-order valence-electron chi connectivity index (χ1n) is 7.58. The number of halogens is 2. The summed E-state index contributed by atoms with van der Waals surface area (Å²) in [5.41, 5.74) is 2.04. The topological polar surface area (TPSA) is 72.2 Å². The Labute approximate surface area is 156 Å². The molecule has 5 nitrogen and oxygen atoms in total. The van der Waals surface area contributed by atoms with E-state index in [9.17, 15) is 14.9 Å². The van der Waals surface area contributed by atoms with Crippen molar-refractivity contribution in [3.8, 4) is 0 Å². The Morgan fingerprint density at radius 1 is 1.12 bits per heavy atom. The molecule has 0 heterocycles. The maximum Gasteiger partial charge on any atom is 0.293 e. The summed E-state index contributed by atoms with van der Waals surface area (Å²) >= 11 is 11.1. The lowest BCUT2D eigenvalue weighted by atomic mass is 9.87. The summed E-state index contributed by atoms with van der Waals surface area (Å²) in [5.74, 6) is -0.576. The molecule has 0 radical (unpaired) electrons. The molecule has 0 spiro atoms. The molecule has 1 N–H and O–H groups in total. The number of rotatable bonds is 5. The molecule has 132 valence electrons. The molecule has 25 heavy (non-hydrogen) atoms. The van der Waals surface area contributed by atoms with E-state index in [-0.39, 0.29) is 22.4 Å². The molecule has 0 aliphatic heterocycles. The van der Waals surface area contributed by atoms with E-state index < -0.39 is 15.5 Å². The van der Waals surface area contributed by atoms with E-state index in [1.165, 1.54) is 18.2 Å². The minimum Gasteiger partial charge on any atom is -0.350 e. The molecule has 0 atom stereocenters. The minimum absolute atomic E-state index is 0.0200. The standard InChI is InChI=1S/C18H18Cl2N2O3/c1-18(2,3)12-5-7-13(8-6-12)21-14-9-4-11(16(23)17(19)20)10-15(14)22(24)25/h4-10,17,21H,1-3H3. The predicted octanol–water partition coefficient (Wildman–Crippen LogP) is 5.62. The molecular formula is C18H18Cl2N2O3. The number of nitro groups is 1. The molecule has 2 rings (SSSR count). The predicted molar refractivity (Wildman–Crippen MR) is 101 cm³/mol. The van der Waals surface area contributed by atoms with Crippen LogP contribution >= 0.6 is 23.2 Å². The third kappa shape index (κ3) is 4.71. The van der Waals surface area contributed by atoms with Gasteiger partial charge in [0.05, 0.1) is 4.92 Å². The lowest BCUT2D eigenvalue weighted by Gasteiger charge is -2.19. The summed E-state index contributed by atoms with van der Waals surface area (Å²) in [4.78, 5) is 21.3. The van der Waals surface area contributed by atoms with Crippen molar-refractivity contribution < 1.29 is 9.72 Å². The third-order valence-electron chi connectivity index (χ3n) is 3.71. The van der Waals surface area contributed by atoms with Crippen LogP contribution in [-0.4, -0.2) is 15.5 Å². The van der Waals surface area contributed by atoms with Crippen LogP contribution < -0.4 is 5.32 Å². The number of carbonyl (C=O) groups excluding carboxylic acids is 1. The molecule has 0 saturated heterocycles. The van der Waals surface area contributed by atoms with Gasteiger partial charge < -0.3 is 5.32 Å². The molecule has 0 bridgehead atoms. The first kappa shape index (κ1) is 19.2. The number of ketones is 1. The van der Waals surface area contributed by atoms with Crippen molar-refractivity contribution in [2.45, 2.75) is 31.0 Å². The Balaban J connectivity index is 2.33. The summed E-state index contributed by atoms with van der Waals surface area (Å²) in [6, 6.07) is 11.8. The fourth-order valence-corrected chi connectivity index (χ4v) is 2.53. The number of anilines is 2. The number of alkyl halides is 2. The first-order valence-corrected chi connectivity index (χ1v) is 8.45. The highest BCUT2D eigenvalue weighted by molar-refractivity contribution is 6.55. The number of nitro benzene ring substituents is 1. The van der Waals surface area contributed by atoms with Gasteiger partial charge in [-0.15, -0.1) is 0 Å². The molecule has 0 aliphatic rings. The van der Waals surface area contributed by atoms with Crippen molar-refractivity contribution in [3.05, 3.63) is 63.7 Å². The summed E-state index contributed by atoms with van der Waals surface area (Å²) in [6.07, 6.45) is 0. The second-order valence-electron chi connectivity index (χ2n) is 6.61. The van der Waals surface area contributed by atoms with Crippen LogP contribution in [0.2, 0.25) is 0 Å². The third-order valence-corrected chi connectivity index (χ3v) is 4.10. The minimum atomic E-state index is -1.26. The lowest BCUT2D eigenvalue weighted by Crippen LogP contribution is -2.10. The van der Waals surface area contributed by atoms with E-state index in [2.05, 4.69) is 26.1 Å². The highest BCUT2D eigenvalue weighted by Gasteiger charge is 2.21. The summed E-state index contributed by atoms with van der Waals surface area (Å²) < 4.78 is 0. The van der Waals surface area contributed by atoms with Gasteiger partial charge in [-0.1, -0.05) is 56.1 Å². The molecule has 2 aromatic carbocycles. The summed E-state index contributed by atoms with van der Waals surface area (Å²) in [6.45, 7) is 6.32. The van der Waals surface area contributed by atoms with Crippen LogP contribution in [-0.2, 0) is 5.41 Å². The van der Waals surface area contributed by atoms with E-state index in [1.54, 1.807) is 0 Å². The molecule has 0 fully saturated rings. The molecule has 2 aromatic rings. The number of hydrogen-bond acceptors (Lipinski definition) is 4. The van der Waals surface area contributed by atoms with Crippen LogP contribution in [0.3, 0.4) is 0 Å². The zero-order chi connectivity index (χ0) is 18.8. The largest absolute Gasteiger partial charge is 0.350 e. The Kier molecular flexibility index (Phi) is 5.70. The molecular weight excluding hydrogens is 363 g/mol. The van der Waals surface area contributed by atoms with Gasteiger partial charge in [0.2, 0.25) is 0 Å². The van der Waals surface area contributed by atoms with Gasteiger partial charge >= 0.3 is 0 Å². The summed E-state index contributed by atoms with van der Waals surface area (Å²) in [5, 5.41) is 14.3. The number of nitrogens with one attached hydrogen (secondary N) is 1. The van der Waals surface area contributed by atoms with E-state index >= 15 is 0 Å². The summed E-state index contributed by atoms with van der Waals surface area (Å²) in [7, 11) is 0. The normalized spacial score (nSPS) is 11.4. The smallest absolute Gasteiger partial charge is 0.293 e. The van der Waals surface area contributed by atoms with Gasteiger partial charge in [0.15, 0.2) is 10.6 Å². The maximum absolute atomic E-state index is 11.8. The monoisotopic (exact) mass is 380 g/mol. The fourth-order valence-electron chi connectivity index (χ4n) is 2.28. The Morgan fingerprint density at radius 3 is 2.20 bits per heavy atom. The van der Waals surface area contributed by atoms with Crippen LogP contribution in [0.25, 0.3) is 0 Å². The van der Waals surface area contributed by atoms with Crippen molar-refractivity contribution in [3.63, 3.8) is 0 Å². The van der Waals surface area contributed by atoms with Gasteiger partial charge in [0.25, 0.3) is 5.69 Å². The van der Waals surface area contributed by atoms with Crippen molar-refractivity contribution >= 4 is 46.0 Å². The second-order valence-corrected chi connectivity index (χ2v) is 7.70. The van der Waals surface area contributed by atoms with Crippen LogP contribution in [0.1, 0.15) is 36.7 Å². The van der Waals surface area contributed by atoms with Crippen LogP contribution in [0, 0.1) is 10.1 Å². The maximum atomic E-state index is 11.8. The average molecular weight is 381 g/mol. The molecule has 0 unspecified atom stereocenters. The number of benzene rings is 2. The van der Waals surface area contributed by atoms with E-state index in [0.29, 0.717) is 5.69 Å². The zero-order valence-corrected chi connectivity index (χ0v) is 15.6. The Morgan fingerprint density at radius 2 is 1.72 bits per heavy atom. The molecule has 0 aromatic heterocycles. The quantitative estimate of drug-likeness (QED) is 0.316. The second kappa shape index (κ2) is 7.42. The van der Waals surface area contributed by atoms with Crippen LogP contribution in [0.15, 0.2) is 42.5 Å². The van der Waals surface area contributed by atoms with E-state index in [4.69, 9.17) is 23.2 Å². The van der Waals surface area contributed by atoms with Crippen molar-refractivity contribution in [2.24, 2.45) is 0 Å². The van der Waals surface area contributed by atoms with Gasteiger partial charge in [-0.05, 0) is 35.2 Å². The highest BCUT2D eigenvalue weighted by atomic mass is 35.5. The Hall–Kier alpha value is -2.11. The molecule has 7 heteroatoms. The number of Topliss-reactive ketones (excluding diaryl/α,β-unsaturated/α-hetero) is 1. The molecule has 0 saturated carbocycles. The van der Waals surface area contributed by atoms with E-state index in [1.807, 2.05) is 24.3 Å². The molecule has 0 aliphatic carbocycles. The Bertz CT molecular complexity index is 797.